The van der Waals surface area contributed by atoms with E-state index in [4.69, 9.17) is 4.74 Å². The van der Waals surface area contributed by atoms with Crippen LogP contribution in [0.3, 0.4) is 0 Å². The zero-order valence-electron chi connectivity index (χ0n) is 17.2. The molecule has 0 heterocycles. The Balaban J connectivity index is 2.10. The van der Waals surface area contributed by atoms with Gasteiger partial charge in [0.15, 0.2) is 0 Å². The molecule has 3 nitrogen and oxygen atoms in total. The van der Waals surface area contributed by atoms with E-state index in [1.54, 1.807) is 0 Å². The second-order valence-electron chi connectivity index (χ2n) is 7.52. The van der Waals surface area contributed by atoms with Crippen molar-refractivity contribution in [2.24, 2.45) is 0 Å². The number of likely N-dealkylation sites (N-methyl/N-ethyl adjacent to an activating group) is 1. The highest BCUT2D eigenvalue weighted by atomic mass is 16.5. The van der Waals surface area contributed by atoms with Gasteiger partial charge in [-0.1, -0.05) is 95.0 Å². The number of carbonyl (C=O) groups excluding carboxylic acids is 1. The third-order valence-corrected chi connectivity index (χ3v) is 4.91. The summed E-state index contributed by atoms with van der Waals surface area (Å²) in [6.07, 6.45) is 13.6. The van der Waals surface area contributed by atoms with Gasteiger partial charge in [0.2, 0.25) is 0 Å². The Hall–Kier alpha value is -1.35. The number of carbonyl (C=O) groups is 1. The molecule has 0 radical (unpaired) electrons. The van der Waals surface area contributed by atoms with Crippen LogP contribution in [-0.4, -0.2) is 37.6 Å². The van der Waals surface area contributed by atoms with E-state index in [1.807, 2.05) is 37.2 Å². The zero-order chi connectivity index (χ0) is 19.0. The van der Waals surface area contributed by atoms with Gasteiger partial charge in [0.25, 0.3) is 0 Å². The summed E-state index contributed by atoms with van der Waals surface area (Å²) in [5, 5.41) is 0. The standard InChI is InChI=1S/C23H39NO2/c1-4-5-6-7-8-9-10-11-12-16-19-26-23(25)22(24(2)3)20-21-17-14-13-15-18-21/h13-15,17-18,22H,4-12,16,19-20H2,1-3H3. The van der Waals surface area contributed by atoms with Gasteiger partial charge in [-0.15, -0.1) is 0 Å². The van der Waals surface area contributed by atoms with Gasteiger partial charge in [0, 0.05) is 0 Å². The largest absolute Gasteiger partial charge is 0.465 e. The topological polar surface area (TPSA) is 29.5 Å². The minimum Gasteiger partial charge on any atom is -0.465 e. The van der Waals surface area contributed by atoms with Crippen molar-refractivity contribution in [3.63, 3.8) is 0 Å². The van der Waals surface area contributed by atoms with Crippen molar-refractivity contribution in [3.8, 4) is 0 Å². The average Bonchev–Trinajstić information content (AvgIpc) is 2.64. The van der Waals surface area contributed by atoms with Gasteiger partial charge >= 0.3 is 5.97 Å². The van der Waals surface area contributed by atoms with Gasteiger partial charge in [-0.05, 0) is 32.5 Å². The molecule has 0 N–H and O–H groups in total. The van der Waals surface area contributed by atoms with Crippen LogP contribution in [0.4, 0.5) is 0 Å². The van der Waals surface area contributed by atoms with Crippen LogP contribution in [0.1, 0.15) is 76.7 Å². The summed E-state index contributed by atoms with van der Waals surface area (Å²) in [4.78, 5) is 14.3. The summed E-state index contributed by atoms with van der Waals surface area (Å²) >= 11 is 0. The molecular formula is C23H39NO2. The predicted molar refractivity (Wildman–Crippen MR) is 110 cm³/mol. The van der Waals surface area contributed by atoms with Gasteiger partial charge in [-0.2, -0.15) is 0 Å². The molecule has 0 bridgehead atoms. The number of benzene rings is 1. The van der Waals surface area contributed by atoms with Crippen molar-refractivity contribution >= 4 is 5.97 Å². The first kappa shape index (κ1) is 22.7. The molecule has 3 heteroatoms. The Bertz CT molecular complexity index is 459. The normalized spacial score (nSPS) is 12.3. The van der Waals surface area contributed by atoms with Crippen LogP contribution in [-0.2, 0) is 16.0 Å². The highest BCUT2D eigenvalue weighted by Crippen LogP contribution is 2.12. The molecule has 26 heavy (non-hydrogen) atoms. The van der Waals surface area contributed by atoms with Gasteiger partial charge in [-0.25, -0.2) is 0 Å². The molecule has 0 saturated carbocycles. The Morgan fingerprint density at radius 1 is 0.885 bits per heavy atom. The second-order valence-corrected chi connectivity index (χ2v) is 7.52. The lowest BCUT2D eigenvalue weighted by Gasteiger charge is -2.22. The van der Waals surface area contributed by atoms with Crippen LogP contribution < -0.4 is 0 Å². The Kier molecular flexibility index (Phi) is 12.9. The minimum atomic E-state index is -0.208. The van der Waals surface area contributed by atoms with Crippen molar-refractivity contribution in [2.75, 3.05) is 20.7 Å². The van der Waals surface area contributed by atoms with Crippen LogP contribution >= 0.6 is 0 Å². The molecule has 1 aromatic rings. The predicted octanol–water partition coefficient (Wildman–Crippen LogP) is 5.62. The Morgan fingerprint density at radius 3 is 1.96 bits per heavy atom. The molecule has 0 fully saturated rings. The van der Waals surface area contributed by atoms with E-state index >= 15 is 0 Å². The molecule has 0 aliphatic carbocycles. The van der Waals surface area contributed by atoms with Crippen molar-refractivity contribution in [1.29, 1.82) is 0 Å². The maximum absolute atomic E-state index is 12.4. The van der Waals surface area contributed by atoms with E-state index in [9.17, 15) is 4.79 Å². The number of esters is 1. The molecule has 1 aromatic carbocycles. The molecule has 0 aliphatic rings. The monoisotopic (exact) mass is 361 g/mol. The molecule has 0 saturated heterocycles. The smallest absolute Gasteiger partial charge is 0.323 e. The first-order valence-electron chi connectivity index (χ1n) is 10.5. The number of rotatable bonds is 15. The van der Waals surface area contributed by atoms with Crippen LogP contribution in [0, 0.1) is 0 Å². The van der Waals surface area contributed by atoms with Gasteiger partial charge in [-0.3, -0.25) is 9.69 Å². The lowest BCUT2D eigenvalue weighted by molar-refractivity contribution is -0.149. The fraction of sp³-hybridized carbons (Fsp3) is 0.696. The summed E-state index contributed by atoms with van der Waals surface area (Å²) in [5.41, 5.74) is 1.17. The third-order valence-electron chi connectivity index (χ3n) is 4.91. The van der Waals surface area contributed by atoms with Crippen molar-refractivity contribution in [2.45, 2.75) is 83.6 Å². The molecule has 0 amide bonds. The van der Waals surface area contributed by atoms with Gasteiger partial charge in [0.05, 0.1) is 6.61 Å². The minimum absolute atomic E-state index is 0.102. The van der Waals surface area contributed by atoms with Crippen LogP contribution in [0.2, 0.25) is 0 Å². The average molecular weight is 362 g/mol. The first-order chi connectivity index (χ1) is 12.6. The highest BCUT2D eigenvalue weighted by molar-refractivity contribution is 5.76. The molecular weight excluding hydrogens is 322 g/mol. The molecule has 0 aliphatic heterocycles. The van der Waals surface area contributed by atoms with E-state index < -0.39 is 0 Å². The number of hydrogen-bond donors (Lipinski definition) is 0. The summed E-state index contributed by atoms with van der Waals surface area (Å²) in [5.74, 6) is -0.102. The number of unbranched alkanes of at least 4 members (excludes halogenated alkanes) is 9. The number of ether oxygens (including phenoxy) is 1. The summed E-state index contributed by atoms with van der Waals surface area (Å²) < 4.78 is 5.53. The maximum Gasteiger partial charge on any atom is 0.323 e. The molecule has 1 unspecified atom stereocenters. The van der Waals surface area contributed by atoms with E-state index in [0.717, 1.165) is 12.8 Å². The van der Waals surface area contributed by atoms with Crippen molar-refractivity contribution < 1.29 is 9.53 Å². The third kappa shape index (κ3) is 10.6. The SMILES string of the molecule is CCCCCCCCCCCCOC(=O)C(Cc1ccccc1)N(C)C. The number of nitrogens with zero attached hydrogens (tertiary/aromatic N) is 1. The van der Waals surface area contributed by atoms with Crippen molar-refractivity contribution in [3.05, 3.63) is 35.9 Å². The molecule has 1 rings (SSSR count). The summed E-state index contributed by atoms with van der Waals surface area (Å²) in [6.45, 7) is 2.81. The number of hydrogen-bond acceptors (Lipinski definition) is 3. The zero-order valence-corrected chi connectivity index (χ0v) is 17.2. The van der Waals surface area contributed by atoms with Crippen LogP contribution in [0.15, 0.2) is 30.3 Å². The first-order valence-corrected chi connectivity index (χ1v) is 10.5. The Morgan fingerprint density at radius 2 is 1.42 bits per heavy atom. The maximum atomic E-state index is 12.4. The van der Waals surface area contributed by atoms with E-state index in [1.165, 1.54) is 56.9 Å². The van der Waals surface area contributed by atoms with Crippen LogP contribution in [0.25, 0.3) is 0 Å². The summed E-state index contributed by atoms with van der Waals surface area (Å²) in [7, 11) is 3.88. The molecule has 0 spiro atoms. The molecule has 148 valence electrons. The van der Waals surface area contributed by atoms with Gasteiger partial charge in [0.1, 0.15) is 6.04 Å². The Labute approximate surface area is 161 Å². The van der Waals surface area contributed by atoms with E-state index in [0.29, 0.717) is 13.0 Å². The second kappa shape index (κ2) is 14.8. The molecule has 0 aromatic heterocycles. The quantitative estimate of drug-likeness (QED) is 0.300. The van der Waals surface area contributed by atoms with E-state index in [2.05, 4.69) is 19.1 Å². The highest BCUT2D eigenvalue weighted by Gasteiger charge is 2.22. The molecule has 1 atom stereocenters. The van der Waals surface area contributed by atoms with Crippen molar-refractivity contribution in [1.82, 2.24) is 4.90 Å². The fourth-order valence-corrected chi connectivity index (χ4v) is 3.17. The fourth-order valence-electron chi connectivity index (χ4n) is 3.17. The van der Waals surface area contributed by atoms with E-state index in [-0.39, 0.29) is 12.0 Å². The van der Waals surface area contributed by atoms with Crippen LogP contribution in [0.5, 0.6) is 0 Å². The lowest BCUT2D eigenvalue weighted by atomic mass is 10.1. The summed E-state index contributed by atoms with van der Waals surface area (Å²) in [6, 6.07) is 9.94. The lowest BCUT2D eigenvalue weighted by Crippen LogP contribution is -2.39. The van der Waals surface area contributed by atoms with Gasteiger partial charge < -0.3 is 4.74 Å².